The van der Waals surface area contributed by atoms with Crippen molar-refractivity contribution in [2.75, 3.05) is 10.6 Å². The van der Waals surface area contributed by atoms with Gasteiger partial charge in [-0.15, -0.1) is 0 Å². The van der Waals surface area contributed by atoms with Gasteiger partial charge in [-0.25, -0.2) is 9.59 Å². The fraction of sp³-hybridized carbons (Fsp3) is 0.154. The van der Waals surface area contributed by atoms with Gasteiger partial charge in [0.15, 0.2) is 0 Å². The Morgan fingerprint density at radius 2 is 1.03 bits per heavy atom. The van der Waals surface area contributed by atoms with Crippen molar-refractivity contribution in [2.24, 2.45) is 0 Å². The molecule has 3 aromatic carbocycles. The minimum atomic E-state index is -0.525. The highest BCUT2D eigenvalue weighted by Crippen LogP contribution is 2.15. The second-order valence-corrected chi connectivity index (χ2v) is 7.50. The maximum Gasteiger partial charge on any atom is 0.338 e. The Morgan fingerprint density at radius 3 is 1.44 bits per heavy atom. The lowest BCUT2D eigenvalue weighted by Gasteiger charge is -2.09. The van der Waals surface area contributed by atoms with E-state index in [9.17, 15) is 19.2 Å². The van der Waals surface area contributed by atoms with Crippen LogP contribution in [0.5, 0.6) is 0 Å². The summed E-state index contributed by atoms with van der Waals surface area (Å²) < 4.78 is 10.7. The SMILES string of the molecule is CC(=O)Nc1cccc(C(=O)OCc2cccc(COC(=O)c3cccc(NC(C)=O)c3)c2)c1. The minimum absolute atomic E-state index is 0.0315. The van der Waals surface area contributed by atoms with Crippen LogP contribution in [-0.4, -0.2) is 23.8 Å². The van der Waals surface area contributed by atoms with Gasteiger partial charge in [-0.05, 0) is 53.6 Å². The number of carbonyl (C=O) groups is 4. The van der Waals surface area contributed by atoms with E-state index >= 15 is 0 Å². The van der Waals surface area contributed by atoms with E-state index in [1.54, 1.807) is 72.8 Å². The zero-order chi connectivity index (χ0) is 24.5. The number of hydrogen-bond donors (Lipinski definition) is 2. The fourth-order valence-electron chi connectivity index (χ4n) is 3.13. The van der Waals surface area contributed by atoms with Gasteiger partial charge in [0.05, 0.1) is 11.1 Å². The first-order valence-electron chi connectivity index (χ1n) is 10.5. The molecule has 0 spiro atoms. The Bertz CT molecular complexity index is 1130. The first-order valence-corrected chi connectivity index (χ1v) is 10.5. The average molecular weight is 460 g/mol. The number of benzene rings is 3. The van der Waals surface area contributed by atoms with Crippen molar-refractivity contribution in [2.45, 2.75) is 27.1 Å². The maximum absolute atomic E-state index is 12.4. The van der Waals surface area contributed by atoms with Gasteiger partial charge in [-0.3, -0.25) is 9.59 Å². The predicted octanol–water partition coefficient (Wildman–Crippen LogP) is 4.32. The second kappa shape index (κ2) is 11.4. The summed E-state index contributed by atoms with van der Waals surface area (Å²) in [5.41, 5.74) is 3.11. The first-order chi connectivity index (χ1) is 16.3. The van der Waals surface area contributed by atoms with E-state index in [0.717, 1.165) is 11.1 Å². The molecule has 0 heterocycles. The summed E-state index contributed by atoms with van der Waals surface area (Å²) in [6, 6.07) is 20.1. The normalized spacial score (nSPS) is 10.2. The quantitative estimate of drug-likeness (QED) is 0.485. The number of carbonyl (C=O) groups excluding carboxylic acids is 4. The lowest BCUT2D eigenvalue weighted by atomic mass is 10.1. The number of anilines is 2. The van der Waals surface area contributed by atoms with Crippen LogP contribution in [0.3, 0.4) is 0 Å². The second-order valence-electron chi connectivity index (χ2n) is 7.50. The zero-order valence-corrected chi connectivity index (χ0v) is 18.8. The standard InChI is InChI=1S/C26H24N2O6/c1-17(29)27-23-10-4-8-21(13-23)25(31)33-15-19-6-3-7-20(12-19)16-34-26(32)22-9-5-11-24(14-22)28-18(2)30/h3-14H,15-16H2,1-2H3,(H,27,29)(H,28,30). The summed E-state index contributed by atoms with van der Waals surface area (Å²) in [6.07, 6.45) is 0. The highest BCUT2D eigenvalue weighted by atomic mass is 16.5. The van der Waals surface area contributed by atoms with Gasteiger partial charge in [-0.1, -0.05) is 30.3 Å². The Morgan fingerprint density at radius 1 is 0.618 bits per heavy atom. The lowest BCUT2D eigenvalue weighted by Crippen LogP contribution is -2.09. The summed E-state index contributed by atoms with van der Waals surface area (Å²) in [5.74, 6) is -1.52. The topological polar surface area (TPSA) is 111 Å². The number of hydrogen-bond acceptors (Lipinski definition) is 6. The van der Waals surface area contributed by atoms with Gasteiger partial charge in [0, 0.05) is 25.2 Å². The third kappa shape index (κ3) is 7.30. The van der Waals surface area contributed by atoms with Crippen LogP contribution >= 0.6 is 0 Å². The molecule has 0 aliphatic rings. The number of rotatable bonds is 8. The van der Waals surface area contributed by atoms with Crippen molar-refractivity contribution in [3.63, 3.8) is 0 Å². The van der Waals surface area contributed by atoms with Crippen molar-refractivity contribution < 1.29 is 28.7 Å². The molecule has 2 N–H and O–H groups in total. The molecule has 0 saturated carbocycles. The van der Waals surface area contributed by atoms with Gasteiger partial charge >= 0.3 is 11.9 Å². The van der Waals surface area contributed by atoms with Crippen molar-refractivity contribution in [3.05, 3.63) is 95.1 Å². The molecule has 0 aliphatic heterocycles. The van der Waals surface area contributed by atoms with Crippen molar-refractivity contribution in [3.8, 4) is 0 Å². The molecule has 3 rings (SSSR count). The molecule has 8 nitrogen and oxygen atoms in total. The molecule has 3 aromatic rings. The summed E-state index contributed by atoms with van der Waals surface area (Å²) in [5, 5.41) is 5.24. The van der Waals surface area contributed by atoms with Crippen LogP contribution in [0.25, 0.3) is 0 Å². The number of nitrogens with one attached hydrogen (secondary N) is 2. The molecule has 0 aliphatic carbocycles. The maximum atomic E-state index is 12.4. The third-order valence-corrected chi connectivity index (χ3v) is 4.57. The van der Waals surface area contributed by atoms with E-state index < -0.39 is 11.9 Å². The number of esters is 2. The van der Waals surface area contributed by atoms with Crippen LogP contribution in [0.4, 0.5) is 11.4 Å². The Kier molecular flexibility index (Phi) is 8.12. The molecule has 0 saturated heterocycles. The molecular weight excluding hydrogens is 436 g/mol. The smallest absolute Gasteiger partial charge is 0.338 e. The van der Waals surface area contributed by atoms with Gasteiger partial charge in [0.25, 0.3) is 0 Å². The van der Waals surface area contributed by atoms with Crippen LogP contribution in [0.2, 0.25) is 0 Å². The van der Waals surface area contributed by atoms with Gasteiger partial charge in [0.2, 0.25) is 11.8 Å². The van der Waals surface area contributed by atoms with Gasteiger partial charge in [-0.2, -0.15) is 0 Å². The molecule has 0 atom stereocenters. The van der Waals surface area contributed by atoms with Gasteiger partial charge in [0.1, 0.15) is 13.2 Å². The third-order valence-electron chi connectivity index (χ3n) is 4.57. The summed E-state index contributed by atoms with van der Waals surface area (Å²) in [4.78, 5) is 47.1. The largest absolute Gasteiger partial charge is 0.457 e. The average Bonchev–Trinajstić information content (AvgIpc) is 2.81. The molecule has 0 radical (unpaired) electrons. The van der Waals surface area contributed by atoms with E-state index in [1.807, 2.05) is 0 Å². The van der Waals surface area contributed by atoms with Crippen LogP contribution in [-0.2, 0) is 32.3 Å². The summed E-state index contributed by atoms with van der Waals surface area (Å²) >= 11 is 0. The molecule has 0 unspecified atom stereocenters. The summed E-state index contributed by atoms with van der Waals surface area (Å²) in [6.45, 7) is 2.84. The summed E-state index contributed by atoms with van der Waals surface area (Å²) in [7, 11) is 0. The van der Waals surface area contributed by atoms with E-state index in [2.05, 4.69) is 10.6 Å². The van der Waals surface area contributed by atoms with Crippen LogP contribution in [0.15, 0.2) is 72.8 Å². The molecule has 174 valence electrons. The highest BCUT2D eigenvalue weighted by molar-refractivity contribution is 5.94. The molecule has 0 bridgehead atoms. The van der Waals surface area contributed by atoms with Crippen molar-refractivity contribution in [1.29, 1.82) is 0 Å². The lowest BCUT2D eigenvalue weighted by molar-refractivity contribution is -0.115. The van der Waals surface area contributed by atoms with E-state index in [-0.39, 0.29) is 25.0 Å². The Labute approximate surface area is 196 Å². The predicted molar refractivity (Wildman–Crippen MR) is 126 cm³/mol. The van der Waals surface area contributed by atoms with Crippen molar-refractivity contribution in [1.82, 2.24) is 0 Å². The Hall–Kier alpha value is -4.46. The van der Waals surface area contributed by atoms with E-state index in [4.69, 9.17) is 9.47 Å². The van der Waals surface area contributed by atoms with Crippen LogP contribution in [0, 0.1) is 0 Å². The Balaban J connectivity index is 1.56. The molecule has 34 heavy (non-hydrogen) atoms. The van der Waals surface area contributed by atoms with Crippen LogP contribution < -0.4 is 10.6 Å². The van der Waals surface area contributed by atoms with Crippen LogP contribution in [0.1, 0.15) is 45.7 Å². The van der Waals surface area contributed by atoms with Gasteiger partial charge < -0.3 is 20.1 Å². The van der Waals surface area contributed by atoms with E-state index in [1.165, 1.54) is 13.8 Å². The minimum Gasteiger partial charge on any atom is -0.457 e. The number of ether oxygens (including phenoxy) is 2. The first kappa shape index (κ1) is 24.2. The van der Waals surface area contributed by atoms with E-state index in [0.29, 0.717) is 22.5 Å². The molecular formula is C26H24N2O6. The van der Waals surface area contributed by atoms with Crippen molar-refractivity contribution >= 4 is 35.1 Å². The zero-order valence-electron chi connectivity index (χ0n) is 18.8. The highest BCUT2D eigenvalue weighted by Gasteiger charge is 2.11. The molecule has 8 heteroatoms. The molecule has 0 aromatic heterocycles. The molecule has 2 amide bonds. The molecule has 0 fully saturated rings. The number of amides is 2. The fourth-order valence-corrected chi connectivity index (χ4v) is 3.13. The monoisotopic (exact) mass is 460 g/mol.